The Balaban J connectivity index is 1.73. The number of nitrogens with zero attached hydrogens (tertiary/aromatic N) is 2. The fraction of sp³-hybridized carbons (Fsp3) is 0.389. The van der Waals surface area contributed by atoms with E-state index in [1.165, 1.54) is 0 Å². The third-order valence-corrected chi connectivity index (χ3v) is 5.37. The number of hydrogen-bond donors (Lipinski definition) is 1. The molecule has 6 heteroatoms. The van der Waals surface area contributed by atoms with Gasteiger partial charge in [0.1, 0.15) is 5.01 Å². The quantitative estimate of drug-likeness (QED) is 0.922. The van der Waals surface area contributed by atoms with E-state index in [4.69, 9.17) is 5.11 Å². The maximum absolute atomic E-state index is 12.8. The van der Waals surface area contributed by atoms with E-state index in [0.717, 1.165) is 42.1 Å². The molecule has 1 aliphatic rings. The molecule has 1 aromatic heterocycles. The highest BCUT2D eigenvalue weighted by atomic mass is 32.1. The molecular formula is C18H20N2O3S. The number of benzene rings is 1. The van der Waals surface area contributed by atoms with Gasteiger partial charge in [-0.1, -0.05) is 12.1 Å². The molecule has 5 nitrogen and oxygen atoms in total. The van der Waals surface area contributed by atoms with Gasteiger partial charge in [-0.15, -0.1) is 11.3 Å². The summed E-state index contributed by atoms with van der Waals surface area (Å²) in [5.41, 5.74) is 2.07. The highest BCUT2D eigenvalue weighted by Crippen LogP contribution is 2.33. The first-order valence-corrected chi connectivity index (χ1v) is 8.96. The first kappa shape index (κ1) is 16.6. The van der Waals surface area contributed by atoms with Crippen molar-refractivity contribution in [3.63, 3.8) is 0 Å². The lowest BCUT2D eigenvalue weighted by Crippen LogP contribution is -2.39. The fourth-order valence-electron chi connectivity index (χ4n) is 3.05. The second-order valence-corrected chi connectivity index (χ2v) is 6.99. The summed E-state index contributed by atoms with van der Waals surface area (Å²) in [6, 6.07) is 6.59. The predicted molar refractivity (Wildman–Crippen MR) is 92.3 cm³/mol. The molecular weight excluding hydrogens is 324 g/mol. The average molecular weight is 344 g/mol. The molecule has 126 valence electrons. The van der Waals surface area contributed by atoms with Crippen LogP contribution in [0.15, 0.2) is 29.6 Å². The van der Waals surface area contributed by atoms with Crippen molar-refractivity contribution < 1.29 is 14.7 Å². The van der Waals surface area contributed by atoms with Crippen molar-refractivity contribution in [3.05, 3.63) is 51.5 Å². The topological polar surface area (TPSA) is 70.5 Å². The second-order valence-electron chi connectivity index (χ2n) is 6.10. The Morgan fingerprint density at radius 3 is 2.67 bits per heavy atom. The normalized spacial score (nSPS) is 17.7. The van der Waals surface area contributed by atoms with Gasteiger partial charge in [-0.3, -0.25) is 4.79 Å². The van der Waals surface area contributed by atoms with Crippen LogP contribution in [0.25, 0.3) is 0 Å². The van der Waals surface area contributed by atoms with Crippen LogP contribution in [0.3, 0.4) is 0 Å². The fourth-order valence-corrected chi connectivity index (χ4v) is 4.00. The lowest BCUT2D eigenvalue weighted by atomic mass is 10.0. The number of aryl methyl sites for hydroxylation is 1. The van der Waals surface area contributed by atoms with Crippen LogP contribution in [-0.4, -0.2) is 33.4 Å². The van der Waals surface area contributed by atoms with Gasteiger partial charge in [0.25, 0.3) is 0 Å². The number of rotatable bonds is 4. The van der Waals surface area contributed by atoms with E-state index in [-0.39, 0.29) is 17.5 Å². The predicted octanol–water partition coefficient (Wildman–Crippen LogP) is 3.45. The summed E-state index contributed by atoms with van der Waals surface area (Å²) < 4.78 is 0. The first-order valence-electron chi connectivity index (χ1n) is 8.08. The van der Waals surface area contributed by atoms with E-state index < -0.39 is 5.97 Å². The lowest BCUT2D eigenvalue weighted by Gasteiger charge is -2.34. The number of carbonyl (C=O) groups is 2. The van der Waals surface area contributed by atoms with E-state index >= 15 is 0 Å². The van der Waals surface area contributed by atoms with Gasteiger partial charge < -0.3 is 10.0 Å². The minimum absolute atomic E-state index is 0.0724. The zero-order chi connectivity index (χ0) is 17.1. The molecule has 1 aliphatic heterocycles. The van der Waals surface area contributed by atoms with Crippen LogP contribution in [0.1, 0.15) is 51.9 Å². The SMILES string of the molecule is Cc1csc(C2CCCCN2C(=O)Cc2ccc(C(=O)O)cc2)n1. The van der Waals surface area contributed by atoms with Crippen molar-refractivity contribution in [2.75, 3.05) is 6.54 Å². The van der Waals surface area contributed by atoms with Gasteiger partial charge in [-0.2, -0.15) is 0 Å². The number of carboxylic acids is 1. The number of carbonyl (C=O) groups excluding carboxylic acids is 1. The molecule has 1 N–H and O–H groups in total. The van der Waals surface area contributed by atoms with E-state index in [1.807, 2.05) is 17.2 Å². The molecule has 0 spiro atoms. The third-order valence-electron chi connectivity index (χ3n) is 4.30. The van der Waals surface area contributed by atoms with Gasteiger partial charge in [-0.05, 0) is 43.9 Å². The zero-order valence-corrected chi connectivity index (χ0v) is 14.4. The molecule has 3 rings (SSSR count). The number of amides is 1. The van der Waals surface area contributed by atoms with Crippen LogP contribution < -0.4 is 0 Å². The van der Waals surface area contributed by atoms with Crippen molar-refractivity contribution in [2.24, 2.45) is 0 Å². The summed E-state index contributed by atoms with van der Waals surface area (Å²) in [7, 11) is 0. The maximum Gasteiger partial charge on any atom is 0.335 e. The second kappa shape index (κ2) is 7.13. The van der Waals surface area contributed by atoms with Crippen LogP contribution in [-0.2, 0) is 11.2 Å². The molecule has 0 radical (unpaired) electrons. The molecule has 0 aliphatic carbocycles. The maximum atomic E-state index is 12.8. The molecule has 24 heavy (non-hydrogen) atoms. The third kappa shape index (κ3) is 3.64. The highest BCUT2D eigenvalue weighted by molar-refractivity contribution is 7.09. The number of piperidine rings is 1. The minimum atomic E-state index is -0.955. The van der Waals surface area contributed by atoms with Crippen molar-refractivity contribution in [1.29, 1.82) is 0 Å². The largest absolute Gasteiger partial charge is 0.478 e. The summed E-state index contributed by atoms with van der Waals surface area (Å²) in [6.07, 6.45) is 3.38. The number of aromatic carboxylic acids is 1. The highest BCUT2D eigenvalue weighted by Gasteiger charge is 2.29. The van der Waals surface area contributed by atoms with Gasteiger partial charge in [0, 0.05) is 17.6 Å². The van der Waals surface area contributed by atoms with Gasteiger partial charge in [-0.25, -0.2) is 9.78 Å². The number of carboxylic acid groups (broad SMARTS) is 1. The van der Waals surface area contributed by atoms with Gasteiger partial charge in [0.15, 0.2) is 0 Å². The average Bonchev–Trinajstić information content (AvgIpc) is 3.01. The monoisotopic (exact) mass is 344 g/mol. The first-order chi connectivity index (χ1) is 11.5. The standard InChI is InChI=1S/C18H20N2O3S/c1-12-11-24-17(19-12)15-4-2-3-9-20(15)16(21)10-13-5-7-14(8-6-13)18(22)23/h5-8,11,15H,2-4,9-10H2,1H3,(H,22,23). The Morgan fingerprint density at radius 1 is 1.29 bits per heavy atom. The summed E-state index contributed by atoms with van der Waals surface area (Å²) in [5.74, 6) is -0.876. The number of likely N-dealkylation sites (tertiary alicyclic amines) is 1. The lowest BCUT2D eigenvalue weighted by molar-refractivity contribution is -0.134. The van der Waals surface area contributed by atoms with Crippen LogP contribution in [0.2, 0.25) is 0 Å². The molecule has 2 aromatic rings. The van der Waals surface area contributed by atoms with Crippen LogP contribution in [0, 0.1) is 6.92 Å². The molecule has 0 saturated carbocycles. The minimum Gasteiger partial charge on any atom is -0.478 e. The Labute approximate surface area is 145 Å². The Bertz CT molecular complexity index is 739. The summed E-state index contributed by atoms with van der Waals surface area (Å²) >= 11 is 1.62. The molecule has 1 atom stereocenters. The van der Waals surface area contributed by atoms with Crippen molar-refractivity contribution in [1.82, 2.24) is 9.88 Å². The van der Waals surface area contributed by atoms with Crippen LogP contribution in [0.4, 0.5) is 0 Å². The number of aromatic nitrogens is 1. The van der Waals surface area contributed by atoms with E-state index in [1.54, 1.807) is 35.6 Å². The molecule has 0 bridgehead atoms. The van der Waals surface area contributed by atoms with Crippen LogP contribution in [0.5, 0.6) is 0 Å². The van der Waals surface area contributed by atoms with Gasteiger partial charge in [0.2, 0.25) is 5.91 Å². The Hall–Kier alpha value is -2.21. The molecule has 1 fully saturated rings. The molecule has 1 unspecified atom stereocenters. The van der Waals surface area contributed by atoms with Crippen LogP contribution >= 0.6 is 11.3 Å². The van der Waals surface area contributed by atoms with Gasteiger partial charge >= 0.3 is 5.97 Å². The zero-order valence-electron chi connectivity index (χ0n) is 13.6. The van der Waals surface area contributed by atoms with E-state index in [2.05, 4.69) is 4.98 Å². The van der Waals surface area contributed by atoms with Crippen molar-refractivity contribution in [3.8, 4) is 0 Å². The number of thiazole rings is 1. The molecule has 1 saturated heterocycles. The van der Waals surface area contributed by atoms with Gasteiger partial charge in [0.05, 0.1) is 18.0 Å². The Kier molecular flexibility index (Phi) is 4.94. The number of hydrogen-bond acceptors (Lipinski definition) is 4. The Morgan fingerprint density at radius 2 is 2.04 bits per heavy atom. The van der Waals surface area contributed by atoms with Crippen molar-refractivity contribution in [2.45, 2.75) is 38.6 Å². The van der Waals surface area contributed by atoms with E-state index in [9.17, 15) is 9.59 Å². The van der Waals surface area contributed by atoms with Crippen molar-refractivity contribution >= 4 is 23.2 Å². The summed E-state index contributed by atoms with van der Waals surface area (Å²) in [5, 5.41) is 12.0. The molecule has 1 amide bonds. The smallest absolute Gasteiger partial charge is 0.335 e. The summed E-state index contributed by atoms with van der Waals surface area (Å²) in [4.78, 5) is 30.2. The van der Waals surface area contributed by atoms with E-state index in [0.29, 0.717) is 6.42 Å². The molecule has 1 aromatic carbocycles. The molecule has 2 heterocycles. The summed E-state index contributed by atoms with van der Waals surface area (Å²) in [6.45, 7) is 2.73.